The second kappa shape index (κ2) is 4.92. The highest BCUT2D eigenvalue weighted by molar-refractivity contribution is 5.87. The van der Waals surface area contributed by atoms with Gasteiger partial charge in [0.25, 0.3) is 0 Å². The molecule has 0 spiro atoms. The Kier molecular flexibility index (Phi) is 2.90. The maximum absolute atomic E-state index is 4.85. The van der Waals surface area contributed by atoms with Gasteiger partial charge in [-0.15, -0.1) is 0 Å². The van der Waals surface area contributed by atoms with Crippen LogP contribution in [0.1, 0.15) is 11.1 Å². The molecule has 0 bridgehead atoms. The highest BCUT2D eigenvalue weighted by Gasteiger charge is 2.05. The van der Waals surface area contributed by atoms with Crippen molar-refractivity contribution >= 4 is 21.8 Å². The van der Waals surface area contributed by atoms with Gasteiger partial charge in [-0.1, -0.05) is 24.3 Å². The van der Waals surface area contributed by atoms with Gasteiger partial charge in [-0.3, -0.25) is 4.98 Å². The number of rotatable bonds is 1. The van der Waals surface area contributed by atoms with E-state index in [0.717, 1.165) is 27.7 Å². The Morgan fingerprint density at radius 3 is 2.64 bits per heavy atom. The third-order valence-electron chi connectivity index (χ3n) is 4.06. The van der Waals surface area contributed by atoms with Crippen LogP contribution in [0, 0.1) is 13.8 Å². The molecule has 4 aromatic rings. The van der Waals surface area contributed by atoms with Crippen LogP contribution in [0.5, 0.6) is 0 Å². The van der Waals surface area contributed by atoms with Crippen LogP contribution in [-0.4, -0.2) is 9.97 Å². The first-order valence-electron chi connectivity index (χ1n) is 7.44. The van der Waals surface area contributed by atoms with E-state index in [1.807, 2.05) is 12.3 Å². The first kappa shape index (κ1) is 13.0. The Bertz CT molecular complexity index is 1000. The Labute approximate surface area is 129 Å². The molecule has 0 atom stereocenters. The average Bonchev–Trinajstić information content (AvgIpc) is 2.53. The maximum atomic E-state index is 4.85. The SMILES string of the molecule is Cc1cc(C)c2ccc(-c3ccc4ncccc4c3)nc2c1. The van der Waals surface area contributed by atoms with Crippen LogP contribution in [0.15, 0.2) is 60.8 Å². The fourth-order valence-corrected chi connectivity index (χ4v) is 2.99. The number of hydrogen-bond acceptors (Lipinski definition) is 2. The van der Waals surface area contributed by atoms with Crippen LogP contribution in [0.4, 0.5) is 0 Å². The van der Waals surface area contributed by atoms with Crippen molar-refractivity contribution in [3.05, 3.63) is 71.9 Å². The van der Waals surface area contributed by atoms with Gasteiger partial charge in [0.05, 0.1) is 16.7 Å². The van der Waals surface area contributed by atoms with Gasteiger partial charge in [0.2, 0.25) is 0 Å². The van der Waals surface area contributed by atoms with E-state index >= 15 is 0 Å². The summed E-state index contributed by atoms with van der Waals surface area (Å²) < 4.78 is 0. The molecule has 0 aliphatic rings. The minimum Gasteiger partial charge on any atom is -0.256 e. The van der Waals surface area contributed by atoms with E-state index in [1.165, 1.54) is 16.5 Å². The molecule has 0 fully saturated rings. The summed E-state index contributed by atoms with van der Waals surface area (Å²) >= 11 is 0. The molecule has 0 N–H and O–H groups in total. The second-order valence-electron chi connectivity index (χ2n) is 5.76. The fraction of sp³-hybridized carbons (Fsp3) is 0.100. The van der Waals surface area contributed by atoms with Crippen LogP contribution >= 0.6 is 0 Å². The highest BCUT2D eigenvalue weighted by atomic mass is 14.7. The Hall–Kier alpha value is -2.74. The van der Waals surface area contributed by atoms with Crippen molar-refractivity contribution in [2.45, 2.75) is 13.8 Å². The Morgan fingerprint density at radius 1 is 0.818 bits per heavy atom. The Balaban J connectivity index is 1.92. The molecule has 0 aliphatic heterocycles. The summed E-state index contributed by atoms with van der Waals surface area (Å²) in [5.74, 6) is 0. The van der Waals surface area contributed by atoms with E-state index < -0.39 is 0 Å². The van der Waals surface area contributed by atoms with Gasteiger partial charge in [-0.2, -0.15) is 0 Å². The lowest BCUT2D eigenvalue weighted by molar-refractivity contribution is 1.35. The molecule has 0 unspecified atom stereocenters. The molecule has 22 heavy (non-hydrogen) atoms. The number of nitrogens with zero attached hydrogens (tertiary/aromatic N) is 2. The average molecular weight is 284 g/mol. The zero-order valence-electron chi connectivity index (χ0n) is 12.7. The number of fused-ring (bicyclic) bond motifs is 2. The zero-order chi connectivity index (χ0) is 15.1. The number of benzene rings is 2. The molecular formula is C20H16N2. The molecule has 2 heterocycles. The first-order chi connectivity index (χ1) is 10.7. The normalized spacial score (nSPS) is 11.2. The minimum atomic E-state index is 1.00. The number of pyridine rings is 2. The van der Waals surface area contributed by atoms with E-state index in [-0.39, 0.29) is 0 Å². The summed E-state index contributed by atoms with van der Waals surface area (Å²) in [6.45, 7) is 4.25. The largest absolute Gasteiger partial charge is 0.256 e. The summed E-state index contributed by atoms with van der Waals surface area (Å²) in [6.07, 6.45) is 1.82. The lowest BCUT2D eigenvalue weighted by Crippen LogP contribution is -1.89. The van der Waals surface area contributed by atoms with Gasteiger partial charge in [-0.25, -0.2) is 4.98 Å². The molecule has 2 nitrogen and oxygen atoms in total. The minimum absolute atomic E-state index is 1.00. The third-order valence-corrected chi connectivity index (χ3v) is 4.06. The molecular weight excluding hydrogens is 268 g/mol. The molecule has 0 aliphatic carbocycles. The summed E-state index contributed by atoms with van der Waals surface area (Å²) in [7, 11) is 0. The third kappa shape index (κ3) is 2.13. The van der Waals surface area contributed by atoms with Crippen LogP contribution in [0.3, 0.4) is 0 Å². The molecule has 0 saturated carbocycles. The number of aromatic nitrogens is 2. The molecule has 106 valence electrons. The van der Waals surface area contributed by atoms with Crippen LogP contribution < -0.4 is 0 Å². The van der Waals surface area contributed by atoms with Crippen molar-refractivity contribution in [2.24, 2.45) is 0 Å². The van der Waals surface area contributed by atoms with Crippen molar-refractivity contribution in [3.63, 3.8) is 0 Å². The van der Waals surface area contributed by atoms with Crippen LogP contribution in [0.25, 0.3) is 33.1 Å². The summed E-state index contributed by atoms with van der Waals surface area (Å²) in [4.78, 5) is 9.22. The van der Waals surface area contributed by atoms with Crippen LogP contribution in [-0.2, 0) is 0 Å². The van der Waals surface area contributed by atoms with Gasteiger partial charge in [-0.05, 0) is 55.3 Å². The van der Waals surface area contributed by atoms with Crippen molar-refractivity contribution in [1.29, 1.82) is 0 Å². The monoisotopic (exact) mass is 284 g/mol. The summed E-state index contributed by atoms with van der Waals surface area (Å²) in [6, 6.07) is 19.0. The second-order valence-corrected chi connectivity index (χ2v) is 5.76. The van der Waals surface area contributed by atoms with E-state index in [9.17, 15) is 0 Å². The molecule has 4 rings (SSSR count). The topological polar surface area (TPSA) is 25.8 Å². The molecule has 2 aromatic heterocycles. The number of hydrogen-bond donors (Lipinski definition) is 0. The van der Waals surface area contributed by atoms with E-state index in [2.05, 4.69) is 67.4 Å². The first-order valence-corrected chi connectivity index (χ1v) is 7.44. The lowest BCUT2D eigenvalue weighted by atomic mass is 10.0. The smallest absolute Gasteiger partial charge is 0.0714 e. The lowest BCUT2D eigenvalue weighted by Gasteiger charge is -2.07. The highest BCUT2D eigenvalue weighted by Crippen LogP contribution is 2.26. The molecule has 0 radical (unpaired) electrons. The quantitative estimate of drug-likeness (QED) is 0.488. The molecule has 0 amide bonds. The van der Waals surface area contributed by atoms with Gasteiger partial charge < -0.3 is 0 Å². The van der Waals surface area contributed by atoms with Crippen molar-refractivity contribution in [3.8, 4) is 11.3 Å². The van der Waals surface area contributed by atoms with Gasteiger partial charge in [0, 0.05) is 22.5 Å². The zero-order valence-corrected chi connectivity index (χ0v) is 12.7. The Morgan fingerprint density at radius 2 is 1.73 bits per heavy atom. The van der Waals surface area contributed by atoms with E-state index in [1.54, 1.807) is 0 Å². The summed E-state index contributed by atoms with van der Waals surface area (Å²) in [5, 5.41) is 2.36. The van der Waals surface area contributed by atoms with Crippen LogP contribution in [0.2, 0.25) is 0 Å². The predicted molar refractivity (Wildman–Crippen MR) is 92.0 cm³/mol. The number of aryl methyl sites for hydroxylation is 2. The predicted octanol–water partition coefficient (Wildman–Crippen LogP) is 5.07. The molecule has 0 saturated heterocycles. The van der Waals surface area contributed by atoms with Gasteiger partial charge in [0.15, 0.2) is 0 Å². The van der Waals surface area contributed by atoms with E-state index in [0.29, 0.717) is 0 Å². The van der Waals surface area contributed by atoms with Gasteiger partial charge >= 0.3 is 0 Å². The standard InChI is InChI=1S/C20H16N2/c1-13-10-14(2)17-6-8-19(22-20(17)11-13)16-5-7-18-15(12-16)4-3-9-21-18/h3-12H,1-2H3. The van der Waals surface area contributed by atoms with Crippen molar-refractivity contribution in [2.75, 3.05) is 0 Å². The molecule has 2 aromatic carbocycles. The van der Waals surface area contributed by atoms with E-state index in [4.69, 9.17) is 4.98 Å². The summed E-state index contributed by atoms with van der Waals surface area (Å²) in [5.41, 5.74) is 6.72. The molecule has 2 heteroatoms. The maximum Gasteiger partial charge on any atom is 0.0714 e. The van der Waals surface area contributed by atoms with Crippen molar-refractivity contribution < 1.29 is 0 Å². The van der Waals surface area contributed by atoms with Crippen molar-refractivity contribution in [1.82, 2.24) is 9.97 Å². The fourth-order valence-electron chi connectivity index (χ4n) is 2.99. The van der Waals surface area contributed by atoms with Gasteiger partial charge in [0.1, 0.15) is 0 Å².